The monoisotopic (exact) mass is 335 g/mol. The quantitative estimate of drug-likeness (QED) is 0.699. The Morgan fingerprint density at radius 3 is 2.88 bits per heavy atom. The van der Waals surface area contributed by atoms with Crippen molar-refractivity contribution < 1.29 is 9.90 Å². The van der Waals surface area contributed by atoms with Crippen molar-refractivity contribution >= 4 is 22.5 Å². The molecule has 1 aromatic heterocycles. The van der Waals surface area contributed by atoms with Gasteiger partial charge < -0.3 is 20.4 Å². The summed E-state index contributed by atoms with van der Waals surface area (Å²) in [5.74, 6) is 0.168. The van der Waals surface area contributed by atoms with Crippen molar-refractivity contribution in [1.29, 1.82) is 5.41 Å². The normalized spacial score (nSPS) is 29.3. The number of fused-ring (bicyclic) bond motifs is 4. The van der Waals surface area contributed by atoms with Crippen LogP contribution in [-0.2, 0) is 11.2 Å². The molecular weight excluding hydrogens is 314 g/mol. The predicted octanol–water partition coefficient (Wildman–Crippen LogP) is 3.28. The minimum Gasteiger partial charge on any atom is -0.509 e. The van der Waals surface area contributed by atoms with Crippen molar-refractivity contribution in [3.63, 3.8) is 0 Å². The number of rotatable bonds is 1. The summed E-state index contributed by atoms with van der Waals surface area (Å²) in [5.41, 5.74) is 3.55. The fraction of sp³-hybridized carbons (Fsp3) is 0.400. The van der Waals surface area contributed by atoms with Gasteiger partial charge in [-0.1, -0.05) is 12.1 Å². The van der Waals surface area contributed by atoms with Gasteiger partial charge in [-0.15, -0.1) is 0 Å². The average molecular weight is 335 g/mol. The second kappa shape index (κ2) is 4.34. The Balaban J connectivity index is 1.78. The lowest BCUT2D eigenvalue weighted by molar-refractivity contribution is -0.130. The Morgan fingerprint density at radius 2 is 2.16 bits per heavy atom. The molecule has 5 heteroatoms. The number of aromatic amines is 1. The minimum atomic E-state index is -0.380. The molecule has 1 aromatic carbocycles. The molecule has 1 aliphatic carbocycles. The number of benzene rings is 1. The van der Waals surface area contributed by atoms with Crippen LogP contribution < -0.4 is 0 Å². The van der Waals surface area contributed by atoms with Crippen LogP contribution in [0.4, 0.5) is 0 Å². The van der Waals surface area contributed by atoms with Crippen LogP contribution in [0.25, 0.3) is 10.9 Å². The van der Waals surface area contributed by atoms with Gasteiger partial charge in [-0.25, -0.2) is 0 Å². The fourth-order valence-corrected chi connectivity index (χ4v) is 5.49. The van der Waals surface area contributed by atoms with Crippen LogP contribution in [0.3, 0.4) is 0 Å². The zero-order valence-corrected chi connectivity index (χ0v) is 14.6. The molecule has 3 unspecified atom stereocenters. The van der Waals surface area contributed by atoms with Crippen molar-refractivity contribution in [2.24, 2.45) is 5.92 Å². The number of hydrogen-bond acceptors (Lipinski definition) is 3. The fourth-order valence-electron chi connectivity index (χ4n) is 5.49. The van der Waals surface area contributed by atoms with E-state index in [1.165, 1.54) is 16.5 Å². The predicted molar refractivity (Wildman–Crippen MR) is 96.0 cm³/mol. The first-order valence-corrected chi connectivity index (χ1v) is 8.75. The molecule has 128 valence electrons. The highest BCUT2D eigenvalue weighted by Gasteiger charge is 2.62. The molecule has 2 aromatic rings. The molecule has 1 saturated heterocycles. The van der Waals surface area contributed by atoms with Gasteiger partial charge in [0.25, 0.3) is 5.91 Å². The Morgan fingerprint density at radius 1 is 1.40 bits per heavy atom. The summed E-state index contributed by atoms with van der Waals surface area (Å²) in [5, 5.41) is 20.0. The number of amides is 1. The molecule has 0 bridgehead atoms. The average Bonchev–Trinajstić information content (AvgIpc) is 3.14. The maximum Gasteiger partial charge on any atom is 0.260 e. The molecule has 2 aliphatic heterocycles. The summed E-state index contributed by atoms with van der Waals surface area (Å²) in [6, 6.07) is 5.94. The lowest BCUT2D eigenvalue weighted by Gasteiger charge is -2.37. The van der Waals surface area contributed by atoms with E-state index in [0.29, 0.717) is 0 Å². The third-order valence-corrected chi connectivity index (χ3v) is 6.55. The summed E-state index contributed by atoms with van der Waals surface area (Å²) < 4.78 is 0. The molecular formula is C20H21N3O2. The molecule has 5 nitrogen and oxygen atoms in total. The van der Waals surface area contributed by atoms with Crippen LogP contribution in [0.1, 0.15) is 37.8 Å². The Kier molecular flexibility index (Phi) is 2.56. The largest absolute Gasteiger partial charge is 0.509 e. The summed E-state index contributed by atoms with van der Waals surface area (Å²) in [4.78, 5) is 18.2. The van der Waals surface area contributed by atoms with E-state index < -0.39 is 0 Å². The van der Waals surface area contributed by atoms with E-state index in [0.717, 1.165) is 11.9 Å². The smallest absolute Gasteiger partial charge is 0.260 e. The topological polar surface area (TPSA) is 80.2 Å². The third kappa shape index (κ3) is 1.54. The van der Waals surface area contributed by atoms with E-state index in [4.69, 9.17) is 5.41 Å². The van der Waals surface area contributed by atoms with Gasteiger partial charge in [-0.3, -0.25) is 4.79 Å². The number of H-pyrrole nitrogens is 1. The first kappa shape index (κ1) is 14.8. The van der Waals surface area contributed by atoms with E-state index in [-0.39, 0.29) is 46.4 Å². The molecule has 1 fully saturated rings. The molecule has 25 heavy (non-hydrogen) atoms. The van der Waals surface area contributed by atoms with Gasteiger partial charge in [0.2, 0.25) is 0 Å². The first-order valence-electron chi connectivity index (χ1n) is 8.75. The molecule has 1 amide bonds. The van der Waals surface area contributed by atoms with Crippen LogP contribution in [0.2, 0.25) is 0 Å². The van der Waals surface area contributed by atoms with Crippen LogP contribution in [0.15, 0.2) is 35.7 Å². The number of hydrogen-bond donors (Lipinski definition) is 3. The van der Waals surface area contributed by atoms with Crippen LogP contribution >= 0.6 is 0 Å². The first-order chi connectivity index (χ1) is 11.8. The van der Waals surface area contributed by atoms with Crippen LogP contribution in [0, 0.1) is 11.3 Å². The van der Waals surface area contributed by atoms with Gasteiger partial charge in [0.1, 0.15) is 5.76 Å². The number of carbonyl (C=O) groups is 1. The summed E-state index contributed by atoms with van der Waals surface area (Å²) >= 11 is 0. The van der Waals surface area contributed by atoms with Gasteiger partial charge in [-0.2, -0.15) is 0 Å². The summed E-state index contributed by atoms with van der Waals surface area (Å²) in [7, 11) is 0. The summed E-state index contributed by atoms with van der Waals surface area (Å²) in [6.07, 6.45) is 2.93. The van der Waals surface area contributed by atoms with Crippen molar-refractivity contribution in [1.82, 2.24) is 9.88 Å². The highest BCUT2D eigenvalue weighted by Crippen LogP contribution is 2.58. The van der Waals surface area contributed by atoms with Crippen molar-refractivity contribution in [2.45, 2.75) is 44.7 Å². The van der Waals surface area contributed by atoms with Gasteiger partial charge in [0.05, 0.1) is 11.6 Å². The van der Waals surface area contributed by atoms with E-state index >= 15 is 0 Å². The van der Waals surface area contributed by atoms with Gasteiger partial charge in [-0.05, 0) is 50.3 Å². The lowest BCUT2D eigenvalue weighted by Crippen LogP contribution is -2.47. The molecule has 3 N–H and O–H groups in total. The summed E-state index contributed by atoms with van der Waals surface area (Å²) in [6.45, 7) is 5.76. The maximum atomic E-state index is 13.0. The second-order valence-corrected chi connectivity index (χ2v) is 8.08. The molecule has 3 atom stereocenters. The van der Waals surface area contributed by atoms with Gasteiger partial charge in [0.15, 0.2) is 0 Å². The highest BCUT2D eigenvalue weighted by atomic mass is 16.3. The highest BCUT2D eigenvalue weighted by molar-refractivity contribution is 6.22. The zero-order valence-electron chi connectivity index (χ0n) is 14.6. The molecule has 0 radical (unpaired) electrons. The number of aliphatic hydroxyl groups is 1. The number of aromatic nitrogens is 1. The molecule has 5 rings (SSSR count). The Labute approximate surface area is 145 Å². The zero-order chi connectivity index (χ0) is 17.7. The minimum absolute atomic E-state index is 0.0550. The Bertz CT molecular complexity index is 998. The Hall–Kier alpha value is -2.56. The van der Waals surface area contributed by atoms with Crippen LogP contribution in [0.5, 0.6) is 0 Å². The maximum absolute atomic E-state index is 13.0. The van der Waals surface area contributed by atoms with Crippen LogP contribution in [-0.4, -0.2) is 38.2 Å². The SMILES string of the molecule is CC(=N)C1=C(O)C2C3c4c[nH]c5cccc(c45)CC3C(C)(C)N2C1=O. The second-order valence-electron chi connectivity index (χ2n) is 8.08. The van der Waals surface area contributed by atoms with E-state index in [9.17, 15) is 9.90 Å². The van der Waals surface area contributed by atoms with E-state index in [1.807, 2.05) is 11.1 Å². The van der Waals surface area contributed by atoms with E-state index in [2.05, 4.69) is 37.0 Å². The van der Waals surface area contributed by atoms with Crippen molar-refractivity contribution in [3.05, 3.63) is 46.9 Å². The number of aliphatic hydroxyl groups excluding tert-OH is 1. The van der Waals surface area contributed by atoms with Crippen molar-refractivity contribution in [2.75, 3.05) is 0 Å². The lowest BCUT2D eigenvalue weighted by atomic mass is 9.69. The van der Waals surface area contributed by atoms with Crippen molar-refractivity contribution in [3.8, 4) is 0 Å². The van der Waals surface area contributed by atoms with E-state index in [1.54, 1.807) is 6.92 Å². The standard InChI is InChI=1S/C20H21N3O2/c1-9(21)14-18(24)17-16-11-8-22-13-6-4-5-10(15(11)13)7-12(16)20(2,3)23(17)19(14)25/h4-6,8,12,16-17,21-22,24H,7H2,1-3H3. The molecule has 0 saturated carbocycles. The number of nitrogens with zero attached hydrogens (tertiary/aromatic N) is 1. The number of carbonyl (C=O) groups excluding carboxylic acids is 1. The molecule has 0 spiro atoms. The number of nitrogens with one attached hydrogen (secondary N) is 2. The van der Waals surface area contributed by atoms with Gasteiger partial charge >= 0.3 is 0 Å². The molecule has 3 aliphatic rings. The molecule has 3 heterocycles. The third-order valence-electron chi connectivity index (χ3n) is 6.55. The van der Waals surface area contributed by atoms with Gasteiger partial charge in [0, 0.05) is 34.3 Å².